The molecule has 5 heteroatoms. The van der Waals surface area contributed by atoms with Gasteiger partial charge in [-0.3, -0.25) is 9.59 Å². The molecule has 0 fully saturated rings. The predicted molar refractivity (Wildman–Crippen MR) is 92.9 cm³/mol. The summed E-state index contributed by atoms with van der Waals surface area (Å²) in [4.78, 5) is 24.8. The molecule has 0 amide bonds. The van der Waals surface area contributed by atoms with Crippen molar-refractivity contribution in [3.63, 3.8) is 0 Å². The van der Waals surface area contributed by atoms with E-state index >= 15 is 0 Å². The average molecular weight is 340 g/mol. The van der Waals surface area contributed by atoms with Crippen LogP contribution in [-0.2, 0) is 27.2 Å². The van der Waals surface area contributed by atoms with Gasteiger partial charge in [0, 0.05) is 6.42 Å². The summed E-state index contributed by atoms with van der Waals surface area (Å²) in [6, 6.07) is 11.4. The summed E-state index contributed by atoms with van der Waals surface area (Å²) in [5.41, 5.74) is 3.65. The molecular weight excluding hydrogens is 320 g/mol. The summed E-state index contributed by atoms with van der Waals surface area (Å²) in [5, 5.41) is 0. The third-order valence-corrected chi connectivity index (χ3v) is 4.58. The third-order valence-electron chi connectivity index (χ3n) is 4.58. The Morgan fingerprint density at radius 3 is 2.32 bits per heavy atom. The molecule has 0 saturated heterocycles. The van der Waals surface area contributed by atoms with Crippen LogP contribution in [0.25, 0.3) is 11.1 Å². The first-order valence-electron chi connectivity index (χ1n) is 8.02. The lowest BCUT2D eigenvalue weighted by molar-refractivity contribution is -0.149. The molecule has 0 aromatic heterocycles. The summed E-state index contributed by atoms with van der Waals surface area (Å²) >= 11 is 0. The number of Topliss-reactive ketones (excluding diaryl/α,β-unsaturated/α-hetero) is 1. The van der Waals surface area contributed by atoms with Gasteiger partial charge in [0.25, 0.3) is 0 Å². The van der Waals surface area contributed by atoms with Crippen LogP contribution >= 0.6 is 0 Å². The Hall–Kier alpha value is -2.82. The minimum Gasteiger partial charge on any atom is -0.493 e. The van der Waals surface area contributed by atoms with E-state index in [1.165, 1.54) is 7.11 Å². The monoisotopic (exact) mass is 340 g/mol. The first kappa shape index (κ1) is 17.0. The Balaban J connectivity index is 2.24. The van der Waals surface area contributed by atoms with Crippen LogP contribution in [0.2, 0.25) is 0 Å². The number of carbonyl (C=O) groups excluding carboxylic acids is 2. The van der Waals surface area contributed by atoms with Crippen molar-refractivity contribution in [2.75, 3.05) is 21.3 Å². The molecule has 0 radical (unpaired) electrons. The van der Waals surface area contributed by atoms with Crippen LogP contribution in [0, 0.1) is 5.92 Å². The second kappa shape index (κ2) is 6.97. The molecule has 0 saturated carbocycles. The van der Waals surface area contributed by atoms with E-state index in [0.29, 0.717) is 11.5 Å². The minimum atomic E-state index is -0.824. The maximum absolute atomic E-state index is 12.7. The molecule has 0 N–H and O–H groups in total. The van der Waals surface area contributed by atoms with E-state index in [0.717, 1.165) is 22.3 Å². The SMILES string of the molecule is COC(=O)C1Cc2cc(OC)c(OC)cc2-c2ccccc2CC1=O. The zero-order chi connectivity index (χ0) is 18.0. The highest BCUT2D eigenvalue weighted by Gasteiger charge is 2.32. The van der Waals surface area contributed by atoms with E-state index in [4.69, 9.17) is 14.2 Å². The average Bonchev–Trinajstić information content (AvgIpc) is 2.64. The van der Waals surface area contributed by atoms with Crippen LogP contribution in [0.4, 0.5) is 0 Å². The van der Waals surface area contributed by atoms with Gasteiger partial charge in [0.2, 0.25) is 0 Å². The van der Waals surface area contributed by atoms with Crippen molar-refractivity contribution >= 4 is 11.8 Å². The van der Waals surface area contributed by atoms with Crippen LogP contribution in [-0.4, -0.2) is 33.1 Å². The first-order valence-corrected chi connectivity index (χ1v) is 8.02. The number of benzene rings is 2. The second-order valence-electron chi connectivity index (χ2n) is 5.94. The highest BCUT2D eigenvalue weighted by molar-refractivity contribution is 6.01. The predicted octanol–water partition coefficient (Wildman–Crippen LogP) is 2.83. The zero-order valence-corrected chi connectivity index (χ0v) is 14.5. The molecule has 1 unspecified atom stereocenters. The maximum atomic E-state index is 12.7. The molecule has 130 valence electrons. The number of fused-ring (bicyclic) bond motifs is 3. The summed E-state index contributed by atoms with van der Waals surface area (Å²) in [6.07, 6.45) is 0.471. The maximum Gasteiger partial charge on any atom is 0.316 e. The second-order valence-corrected chi connectivity index (χ2v) is 5.94. The van der Waals surface area contributed by atoms with Gasteiger partial charge >= 0.3 is 5.97 Å². The number of ketones is 1. The molecule has 0 spiro atoms. The van der Waals surface area contributed by atoms with Gasteiger partial charge in [-0.2, -0.15) is 0 Å². The molecule has 25 heavy (non-hydrogen) atoms. The molecule has 0 heterocycles. The lowest BCUT2D eigenvalue weighted by Gasteiger charge is -2.23. The van der Waals surface area contributed by atoms with Crippen molar-refractivity contribution < 1.29 is 23.8 Å². The van der Waals surface area contributed by atoms with Crippen molar-refractivity contribution in [3.8, 4) is 22.6 Å². The van der Waals surface area contributed by atoms with E-state index in [2.05, 4.69) is 0 Å². The van der Waals surface area contributed by atoms with Gasteiger partial charge < -0.3 is 14.2 Å². The van der Waals surface area contributed by atoms with Gasteiger partial charge in [0.1, 0.15) is 5.92 Å². The number of hydrogen-bond donors (Lipinski definition) is 0. The topological polar surface area (TPSA) is 61.8 Å². The van der Waals surface area contributed by atoms with Crippen LogP contribution in [0.3, 0.4) is 0 Å². The Labute approximate surface area is 146 Å². The fourth-order valence-electron chi connectivity index (χ4n) is 3.28. The van der Waals surface area contributed by atoms with Crippen LogP contribution < -0.4 is 9.47 Å². The fraction of sp³-hybridized carbons (Fsp3) is 0.300. The van der Waals surface area contributed by atoms with E-state index in [-0.39, 0.29) is 18.6 Å². The Morgan fingerprint density at radius 1 is 0.960 bits per heavy atom. The van der Waals surface area contributed by atoms with Crippen molar-refractivity contribution in [1.82, 2.24) is 0 Å². The van der Waals surface area contributed by atoms with Gasteiger partial charge in [-0.05, 0) is 40.8 Å². The number of methoxy groups -OCH3 is 3. The standard InChI is InChI=1S/C20H20O5/c1-23-18-10-13-8-16(20(22)25-3)17(21)9-12-6-4-5-7-14(12)15(13)11-19(18)24-2/h4-7,10-11,16H,8-9H2,1-3H3. The minimum absolute atomic E-state index is 0.139. The number of carbonyl (C=O) groups is 2. The Morgan fingerprint density at radius 2 is 1.64 bits per heavy atom. The zero-order valence-electron chi connectivity index (χ0n) is 14.5. The van der Waals surface area contributed by atoms with Crippen molar-refractivity contribution in [1.29, 1.82) is 0 Å². The molecule has 3 rings (SSSR count). The Bertz CT molecular complexity index is 825. The van der Waals surface area contributed by atoms with Crippen LogP contribution in [0.1, 0.15) is 11.1 Å². The highest BCUT2D eigenvalue weighted by Crippen LogP contribution is 2.39. The highest BCUT2D eigenvalue weighted by atomic mass is 16.5. The van der Waals surface area contributed by atoms with Gasteiger partial charge in [-0.15, -0.1) is 0 Å². The molecule has 1 atom stereocenters. The molecule has 1 aliphatic rings. The molecule has 2 aromatic carbocycles. The summed E-state index contributed by atoms with van der Waals surface area (Å²) < 4.78 is 15.7. The van der Waals surface area contributed by atoms with E-state index in [9.17, 15) is 9.59 Å². The summed E-state index contributed by atoms with van der Waals surface area (Å²) in [7, 11) is 4.45. The summed E-state index contributed by atoms with van der Waals surface area (Å²) in [5.74, 6) is -0.298. The molecule has 5 nitrogen and oxygen atoms in total. The number of rotatable bonds is 3. The van der Waals surface area contributed by atoms with Crippen molar-refractivity contribution in [3.05, 3.63) is 47.5 Å². The van der Waals surface area contributed by atoms with Gasteiger partial charge in [0.05, 0.1) is 21.3 Å². The van der Waals surface area contributed by atoms with Gasteiger partial charge in [-0.1, -0.05) is 24.3 Å². The van der Waals surface area contributed by atoms with Crippen molar-refractivity contribution in [2.45, 2.75) is 12.8 Å². The van der Waals surface area contributed by atoms with Gasteiger partial charge in [-0.25, -0.2) is 0 Å². The third kappa shape index (κ3) is 3.09. The number of ether oxygens (including phenoxy) is 3. The number of hydrogen-bond acceptors (Lipinski definition) is 5. The lowest BCUT2D eigenvalue weighted by Crippen LogP contribution is -2.30. The van der Waals surface area contributed by atoms with E-state index < -0.39 is 11.9 Å². The lowest BCUT2D eigenvalue weighted by atomic mass is 9.82. The van der Waals surface area contributed by atoms with Crippen LogP contribution in [0.5, 0.6) is 11.5 Å². The molecule has 0 aliphatic heterocycles. The molecule has 1 aliphatic carbocycles. The van der Waals surface area contributed by atoms with Gasteiger partial charge in [0.15, 0.2) is 17.3 Å². The normalized spacial score (nSPS) is 16.1. The fourth-order valence-corrected chi connectivity index (χ4v) is 3.28. The van der Waals surface area contributed by atoms with E-state index in [1.54, 1.807) is 14.2 Å². The first-order chi connectivity index (χ1) is 12.1. The van der Waals surface area contributed by atoms with Crippen molar-refractivity contribution in [2.24, 2.45) is 5.92 Å². The van der Waals surface area contributed by atoms with Crippen LogP contribution in [0.15, 0.2) is 36.4 Å². The Kier molecular flexibility index (Phi) is 4.74. The molecule has 0 bridgehead atoms. The number of esters is 1. The smallest absolute Gasteiger partial charge is 0.316 e. The molecule has 2 aromatic rings. The summed E-state index contributed by atoms with van der Waals surface area (Å²) in [6.45, 7) is 0. The largest absolute Gasteiger partial charge is 0.493 e. The van der Waals surface area contributed by atoms with E-state index in [1.807, 2.05) is 36.4 Å². The quantitative estimate of drug-likeness (QED) is 0.635. The molecular formula is C20H20O5.